The largest absolute Gasteiger partial charge is 0.456 e. The number of rotatable bonds is 11. The molecule has 4 fully saturated rings. The van der Waals surface area contributed by atoms with Gasteiger partial charge in [-0.25, -0.2) is 9.59 Å². The number of carbonyl (C=O) groups is 5. The summed E-state index contributed by atoms with van der Waals surface area (Å²) in [6, 6.07) is 22.8. The fourth-order valence-electron chi connectivity index (χ4n) is 10.9. The molecule has 0 aromatic heterocycles. The molecule has 3 aromatic rings. The van der Waals surface area contributed by atoms with E-state index in [-0.39, 0.29) is 35.3 Å². The number of aliphatic hydroxyl groups is 5. The van der Waals surface area contributed by atoms with Gasteiger partial charge in [-0.15, -0.1) is 0 Å². The Balaban J connectivity index is 1.26. The van der Waals surface area contributed by atoms with Crippen LogP contribution in [0.2, 0.25) is 0 Å². The molecule has 2 saturated heterocycles. The molecule has 2 unspecified atom stereocenters. The number of ether oxygens (including phenoxy) is 7. The van der Waals surface area contributed by atoms with E-state index in [0.29, 0.717) is 5.56 Å². The number of carbonyl (C=O) groups excluding carboxylic acids is 5. The molecule has 0 radical (unpaired) electrons. The minimum absolute atomic E-state index is 0.0402. The molecule has 14 atom stereocenters. The van der Waals surface area contributed by atoms with E-state index in [1.54, 1.807) is 78.9 Å². The number of nitrogens with one attached hydrogen (secondary N) is 1. The topological polar surface area (TPSA) is 263 Å². The molecule has 2 aliphatic heterocycles. The van der Waals surface area contributed by atoms with Crippen molar-refractivity contribution in [3.05, 3.63) is 119 Å². The van der Waals surface area contributed by atoms with Crippen LogP contribution in [0.4, 0.5) is 0 Å². The smallest absolute Gasteiger partial charge is 0.338 e. The molecule has 18 nitrogen and oxygen atoms in total. The predicted octanol–water partition coefficient (Wildman–Crippen LogP) is 2.20. The molecule has 2 saturated carbocycles. The summed E-state index contributed by atoms with van der Waals surface area (Å²) in [5.74, 6) is -6.20. The van der Waals surface area contributed by atoms with Gasteiger partial charge in [0, 0.05) is 30.7 Å². The zero-order chi connectivity index (χ0) is 48.2. The van der Waals surface area contributed by atoms with E-state index in [4.69, 9.17) is 33.2 Å². The van der Waals surface area contributed by atoms with Crippen molar-refractivity contribution in [2.45, 2.75) is 120 Å². The van der Waals surface area contributed by atoms with Gasteiger partial charge in [-0.2, -0.15) is 0 Å². The van der Waals surface area contributed by atoms with Gasteiger partial charge in [-0.05, 0) is 54.8 Å². The Bertz CT molecular complexity index is 2400. The highest BCUT2D eigenvalue weighted by Gasteiger charge is 2.78. The fourth-order valence-corrected chi connectivity index (χ4v) is 10.9. The second-order valence-corrected chi connectivity index (χ2v) is 18.6. The molecule has 18 heteroatoms. The molecular formula is C49H55NO17. The van der Waals surface area contributed by atoms with Crippen LogP contribution in [0.3, 0.4) is 0 Å². The lowest BCUT2D eigenvalue weighted by Gasteiger charge is -2.68. The van der Waals surface area contributed by atoms with Crippen LogP contribution in [0, 0.1) is 16.7 Å². The highest BCUT2D eigenvalue weighted by Crippen LogP contribution is 2.65. The van der Waals surface area contributed by atoms with Gasteiger partial charge in [0.2, 0.25) is 12.6 Å². The van der Waals surface area contributed by atoms with Gasteiger partial charge in [0.05, 0.1) is 35.6 Å². The van der Waals surface area contributed by atoms with E-state index in [1.165, 1.54) is 39.8 Å². The third-order valence-corrected chi connectivity index (χ3v) is 14.4. The molecular weight excluding hydrogens is 875 g/mol. The van der Waals surface area contributed by atoms with Gasteiger partial charge >= 0.3 is 17.9 Å². The maximum atomic E-state index is 15.7. The van der Waals surface area contributed by atoms with Gasteiger partial charge in [0.25, 0.3) is 5.91 Å². The number of aliphatic hydroxyl groups excluding tert-OH is 4. The first-order chi connectivity index (χ1) is 31.7. The highest BCUT2D eigenvalue weighted by molar-refractivity contribution is 5.95. The van der Waals surface area contributed by atoms with Crippen LogP contribution < -0.4 is 5.32 Å². The van der Waals surface area contributed by atoms with E-state index in [0.717, 1.165) is 6.92 Å². The van der Waals surface area contributed by atoms with Crippen LogP contribution >= 0.6 is 0 Å². The van der Waals surface area contributed by atoms with Crippen LogP contribution in [-0.4, -0.2) is 135 Å². The van der Waals surface area contributed by atoms with Gasteiger partial charge in [-0.1, -0.05) is 80.6 Å². The van der Waals surface area contributed by atoms with E-state index in [9.17, 15) is 44.7 Å². The SMILES string of the molecule is CC(=O)O[C@@]12CO[C@@H]1C[C@H](O[C@@H]1OCC(O)OC1O)[C@@]1(C)C(=O)[C@H](O)C3=C(C)[C@@H](OC(=O)[C@H](O)[C@@H](NC(=O)c4ccccc4)c4ccccc4)C[C@@](O)([C@@H](OC(=O)c4ccccc4)[C@H]21)C3(C)C. The molecule has 3 aromatic carbocycles. The van der Waals surface area contributed by atoms with Crippen molar-refractivity contribution in [3.8, 4) is 0 Å². The molecule has 0 spiro atoms. The number of hydrogen-bond acceptors (Lipinski definition) is 17. The fraction of sp³-hybridized carbons (Fsp3) is 0.490. The normalized spacial score (nSPS) is 35.2. The summed E-state index contributed by atoms with van der Waals surface area (Å²) in [4.78, 5) is 71.1. The first kappa shape index (κ1) is 48.1. The van der Waals surface area contributed by atoms with E-state index < -0.39 is 132 Å². The number of Topliss-reactive ketones (excluding diaryl/α,β-unsaturated/α-hetero) is 1. The Morgan fingerprint density at radius 1 is 0.851 bits per heavy atom. The molecule has 8 rings (SSSR count). The molecule has 3 aliphatic carbocycles. The minimum Gasteiger partial charge on any atom is -0.456 e. The molecule has 358 valence electrons. The summed E-state index contributed by atoms with van der Waals surface area (Å²) in [5, 5.41) is 61.8. The van der Waals surface area contributed by atoms with E-state index >= 15 is 4.79 Å². The van der Waals surface area contributed by atoms with Crippen LogP contribution in [-0.2, 0) is 47.5 Å². The average Bonchev–Trinajstić information content (AvgIpc) is 3.30. The Morgan fingerprint density at radius 3 is 2.04 bits per heavy atom. The lowest BCUT2D eigenvalue weighted by atomic mass is 9.44. The Morgan fingerprint density at radius 2 is 1.46 bits per heavy atom. The number of hydrogen-bond donors (Lipinski definition) is 6. The van der Waals surface area contributed by atoms with Crippen LogP contribution in [0.25, 0.3) is 0 Å². The summed E-state index contributed by atoms with van der Waals surface area (Å²) < 4.78 is 41.8. The number of amides is 1. The van der Waals surface area contributed by atoms with Crippen molar-refractivity contribution in [3.63, 3.8) is 0 Å². The van der Waals surface area contributed by atoms with E-state index in [2.05, 4.69) is 5.32 Å². The molecule has 2 bridgehead atoms. The second-order valence-electron chi connectivity index (χ2n) is 18.6. The lowest BCUT2D eigenvalue weighted by Crippen LogP contribution is -2.82. The Hall–Kier alpha value is -5.41. The molecule has 1 amide bonds. The van der Waals surface area contributed by atoms with Crippen molar-refractivity contribution >= 4 is 29.6 Å². The first-order valence-corrected chi connectivity index (χ1v) is 22.1. The summed E-state index contributed by atoms with van der Waals surface area (Å²) in [7, 11) is 0. The maximum absolute atomic E-state index is 15.7. The van der Waals surface area contributed by atoms with Crippen LogP contribution in [0.15, 0.2) is 102 Å². The third-order valence-electron chi connectivity index (χ3n) is 14.4. The van der Waals surface area contributed by atoms with Crippen molar-refractivity contribution in [1.82, 2.24) is 5.32 Å². The second kappa shape index (κ2) is 18.2. The maximum Gasteiger partial charge on any atom is 0.338 e. The third kappa shape index (κ3) is 8.27. The summed E-state index contributed by atoms with van der Waals surface area (Å²) >= 11 is 0. The van der Waals surface area contributed by atoms with Gasteiger partial charge in [0.1, 0.15) is 36.6 Å². The van der Waals surface area contributed by atoms with Crippen molar-refractivity contribution in [2.75, 3.05) is 13.2 Å². The van der Waals surface area contributed by atoms with Gasteiger partial charge in [-0.3, -0.25) is 14.4 Å². The molecule has 2 heterocycles. The predicted molar refractivity (Wildman–Crippen MR) is 230 cm³/mol. The van der Waals surface area contributed by atoms with Gasteiger partial charge in [0.15, 0.2) is 23.8 Å². The summed E-state index contributed by atoms with van der Waals surface area (Å²) in [6.07, 6.45) is -15.9. The number of fused-ring (bicyclic) bond motifs is 5. The Kier molecular flexibility index (Phi) is 13.1. The number of esters is 3. The van der Waals surface area contributed by atoms with Crippen molar-refractivity contribution < 1.29 is 82.7 Å². The number of benzene rings is 3. The minimum atomic E-state index is -2.45. The quantitative estimate of drug-likeness (QED) is 0.0915. The Labute approximate surface area is 385 Å². The summed E-state index contributed by atoms with van der Waals surface area (Å²) in [5.41, 5.74) is -7.45. The average molecular weight is 930 g/mol. The standard InChI is InChI=1S/C49H55NO17/c1-25-30(63-43(58)37(54)35(27-15-9-6-10-16-27)50-41(56)28-17-11-7-12-18-28)22-49(60)40(66-42(57)29-19-13-8-14-20-29)38-47(5,39(55)36(53)34(25)46(49,3)4)31(64-45-44(59)65-33(52)23-61-45)21-32-48(38,24-62-32)67-26(2)51/h6-20,30-33,35-38,40,44-45,52-54,59-60H,21-24H2,1-5H3,(H,50,56)/t30-,31-,32+,33?,35-,36+,37+,38-,40-,44?,45-,47+,48-,49+/m0/s1. The van der Waals surface area contributed by atoms with Crippen molar-refractivity contribution in [2.24, 2.45) is 16.7 Å². The van der Waals surface area contributed by atoms with Gasteiger partial charge < -0.3 is 64.0 Å². The summed E-state index contributed by atoms with van der Waals surface area (Å²) in [6.45, 7) is 6.32. The molecule has 67 heavy (non-hydrogen) atoms. The number of ketones is 1. The molecule has 5 aliphatic rings. The monoisotopic (exact) mass is 929 g/mol. The van der Waals surface area contributed by atoms with E-state index in [1.807, 2.05) is 0 Å². The zero-order valence-electron chi connectivity index (χ0n) is 37.5. The van der Waals surface area contributed by atoms with Crippen LogP contribution in [0.5, 0.6) is 0 Å². The van der Waals surface area contributed by atoms with Crippen molar-refractivity contribution in [1.29, 1.82) is 0 Å². The molecule has 6 N–H and O–H groups in total. The highest BCUT2D eigenvalue weighted by atomic mass is 16.8. The first-order valence-electron chi connectivity index (χ1n) is 22.1. The van der Waals surface area contributed by atoms with Crippen LogP contribution in [0.1, 0.15) is 79.8 Å². The zero-order valence-corrected chi connectivity index (χ0v) is 37.5. The lowest BCUT2D eigenvalue weighted by molar-refractivity contribution is -0.394.